The van der Waals surface area contributed by atoms with Gasteiger partial charge in [0.1, 0.15) is 11.6 Å². The molecule has 1 atom stereocenters. The minimum absolute atomic E-state index is 0.00474. The third-order valence-corrected chi connectivity index (χ3v) is 4.98. The van der Waals surface area contributed by atoms with Gasteiger partial charge in [-0.2, -0.15) is 0 Å². The Bertz CT molecular complexity index is 812. The Hall–Kier alpha value is -2.23. The largest absolute Gasteiger partial charge is 0.366 e. The second-order valence-electron chi connectivity index (χ2n) is 7.33. The van der Waals surface area contributed by atoms with Crippen molar-refractivity contribution in [1.82, 2.24) is 0 Å². The molecule has 0 aliphatic carbocycles. The van der Waals surface area contributed by atoms with Crippen molar-refractivity contribution < 1.29 is 8.78 Å². The van der Waals surface area contributed by atoms with Crippen LogP contribution in [0.2, 0.25) is 0 Å². The van der Waals surface area contributed by atoms with E-state index in [0.717, 1.165) is 24.2 Å². The highest BCUT2D eigenvalue weighted by Gasteiger charge is 2.36. The van der Waals surface area contributed by atoms with Gasteiger partial charge in [-0.15, -0.1) is 0 Å². The first-order valence-corrected chi connectivity index (χ1v) is 8.72. The number of halogens is 2. The Balaban J connectivity index is 2.00. The van der Waals surface area contributed by atoms with Gasteiger partial charge in [-0.3, -0.25) is 4.99 Å². The molecule has 0 amide bonds. The SMILES string of the molecule is CCN1c2cc(F)c(C=Nc3cccc(F)c3)cc2C(C)CC1(C)C. The Morgan fingerprint density at radius 2 is 2.00 bits per heavy atom. The first-order valence-electron chi connectivity index (χ1n) is 8.72. The Kier molecular flexibility index (Phi) is 4.63. The van der Waals surface area contributed by atoms with Crippen molar-refractivity contribution in [1.29, 1.82) is 0 Å². The molecule has 1 heterocycles. The molecule has 25 heavy (non-hydrogen) atoms. The van der Waals surface area contributed by atoms with Crippen molar-refractivity contribution in [3.8, 4) is 0 Å². The normalized spacial score (nSPS) is 19.3. The number of hydrogen-bond donors (Lipinski definition) is 0. The first kappa shape index (κ1) is 17.6. The van der Waals surface area contributed by atoms with Crippen LogP contribution in [-0.2, 0) is 0 Å². The van der Waals surface area contributed by atoms with E-state index in [0.29, 0.717) is 17.2 Å². The molecule has 132 valence electrons. The maximum Gasteiger partial charge on any atom is 0.134 e. The van der Waals surface area contributed by atoms with Crippen LogP contribution < -0.4 is 4.90 Å². The minimum atomic E-state index is -0.352. The molecule has 0 aromatic heterocycles. The summed E-state index contributed by atoms with van der Waals surface area (Å²) < 4.78 is 27.9. The van der Waals surface area contributed by atoms with Crippen LogP contribution in [0.5, 0.6) is 0 Å². The zero-order valence-electron chi connectivity index (χ0n) is 15.2. The fraction of sp³-hybridized carbons (Fsp3) is 0.381. The van der Waals surface area contributed by atoms with Crippen LogP contribution in [0.1, 0.15) is 51.2 Å². The van der Waals surface area contributed by atoms with E-state index in [4.69, 9.17) is 0 Å². The monoisotopic (exact) mass is 342 g/mol. The summed E-state index contributed by atoms with van der Waals surface area (Å²) in [6.45, 7) is 9.51. The molecule has 2 aromatic carbocycles. The standard InChI is InChI=1S/C21H24F2N2/c1-5-25-20-11-19(23)15(9-18(20)14(2)12-21(25,3)4)13-24-17-8-6-7-16(22)10-17/h6-11,13-14H,5,12H2,1-4H3. The number of rotatable bonds is 3. The van der Waals surface area contributed by atoms with Crippen LogP contribution in [0.25, 0.3) is 0 Å². The molecule has 0 saturated carbocycles. The predicted molar refractivity (Wildman–Crippen MR) is 100 cm³/mol. The summed E-state index contributed by atoms with van der Waals surface area (Å²) in [6.07, 6.45) is 2.49. The molecule has 1 unspecified atom stereocenters. The summed E-state index contributed by atoms with van der Waals surface area (Å²) in [5.41, 5.74) is 3.02. The van der Waals surface area contributed by atoms with Gasteiger partial charge < -0.3 is 4.90 Å². The van der Waals surface area contributed by atoms with E-state index in [9.17, 15) is 8.78 Å². The summed E-state index contributed by atoms with van der Waals surface area (Å²) in [4.78, 5) is 6.48. The summed E-state index contributed by atoms with van der Waals surface area (Å²) >= 11 is 0. The summed E-state index contributed by atoms with van der Waals surface area (Å²) in [5, 5.41) is 0. The van der Waals surface area contributed by atoms with Crippen LogP contribution in [0.4, 0.5) is 20.2 Å². The lowest BCUT2D eigenvalue weighted by atomic mass is 9.79. The van der Waals surface area contributed by atoms with E-state index in [1.54, 1.807) is 18.2 Å². The molecule has 0 radical (unpaired) electrons. The van der Waals surface area contributed by atoms with E-state index in [2.05, 4.69) is 37.6 Å². The van der Waals surface area contributed by atoms with Crippen LogP contribution >= 0.6 is 0 Å². The highest BCUT2D eigenvalue weighted by molar-refractivity contribution is 5.84. The average molecular weight is 342 g/mol. The molecule has 2 nitrogen and oxygen atoms in total. The lowest BCUT2D eigenvalue weighted by molar-refractivity contribution is 0.380. The zero-order chi connectivity index (χ0) is 18.2. The molecule has 3 rings (SSSR count). The van der Waals surface area contributed by atoms with Crippen molar-refractivity contribution in [2.24, 2.45) is 4.99 Å². The van der Waals surface area contributed by atoms with Gasteiger partial charge in [0.2, 0.25) is 0 Å². The number of fused-ring (bicyclic) bond motifs is 1. The third-order valence-electron chi connectivity index (χ3n) is 4.98. The van der Waals surface area contributed by atoms with Crippen LogP contribution in [-0.4, -0.2) is 18.3 Å². The van der Waals surface area contributed by atoms with Gasteiger partial charge >= 0.3 is 0 Å². The van der Waals surface area contributed by atoms with Crippen LogP contribution in [0, 0.1) is 11.6 Å². The molecule has 0 fully saturated rings. The molecule has 1 aliphatic heterocycles. The van der Waals surface area contributed by atoms with E-state index in [1.807, 2.05) is 6.07 Å². The highest BCUT2D eigenvalue weighted by Crippen LogP contribution is 2.43. The van der Waals surface area contributed by atoms with Gasteiger partial charge in [-0.05, 0) is 69.0 Å². The lowest BCUT2D eigenvalue weighted by Gasteiger charge is -2.47. The van der Waals surface area contributed by atoms with Gasteiger partial charge in [0, 0.05) is 29.5 Å². The fourth-order valence-corrected chi connectivity index (χ4v) is 3.92. The Labute approximate surface area is 148 Å². The van der Waals surface area contributed by atoms with E-state index in [-0.39, 0.29) is 17.2 Å². The summed E-state index contributed by atoms with van der Waals surface area (Å²) in [7, 11) is 0. The second-order valence-corrected chi connectivity index (χ2v) is 7.33. The van der Waals surface area contributed by atoms with Crippen molar-refractivity contribution in [2.45, 2.75) is 45.6 Å². The van der Waals surface area contributed by atoms with Gasteiger partial charge in [-0.25, -0.2) is 8.78 Å². The average Bonchev–Trinajstić information content (AvgIpc) is 2.53. The van der Waals surface area contributed by atoms with Gasteiger partial charge in [0.25, 0.3) is 0 Å². The number of aliphatic imine (C=N–C) groups is 1. The van der Waals surface area contributed by atoms with Gasteiger partial charge in [0.05, 0.1) is 5.69 Å². The number of hydrogen-bond acceptors (Lipinski definition) is 2. The molecule has 4 heteroatoms. The van der Waals surface area contributed by atoms with E-state index >= 15 is 0 Å². The van der Waals surface area contributed by atoms with Gasteiger partial charge in [0.15, 0.2) is 0 Å². The molecule has 0 bridgehead atoms. The quantitative estimate of drug-likeness (QED) is 0.641. The number of anilines is 1. The predicted octanol–water partition coefficient (Wildman–Crippen LogP) is 5.83. The zero-order valence-corrected chi connectivity index (χ0v) is 15.2. The molecule has 0 N–H and O–H groups in total. The van der Waals surface area contributed by atoms with Crippen molar-refractivity contribution in [3.05, 3.63) is 59.2 Å². The minimum Gasteiger partial charge on any atom is -0.366 e. The van der Waals surface area contributed by atoms with Crippen LogP contribution in [0.3, 0.4) is 0 Å². The van der Waals surface area contributed by atoms with E-state index in [1.165, 1.54) is 18.3 Å². The van der Waals surface area contributed by atoms with Crippen molar-refractivity contribution in [2.75, 3.05) is 11.4 Å². The fourth-order valence-electron chi connectivity index (χ4n) is 3.92. The maximum absolute atomic E-state index is 14.7. The van der Waals surface area contributed by atoms with Gasteiger partial charge in [-0.1, -0.05) is 13.0 Å². The maximum atomic E-state index is 14.7. The molecule has 0 saturated heterocycles. The molecule has 0 spiro atoms. The Morgan fingerprint density at radius 1 is 1.24 bits per heavy atom. The second kappa shape index (κ2) is 6.58. The van der Waals surface area contributed by atoms with Crippen LogP contribution in [0.15, 0.2) is 41.4 Å². The topological polar surface area (TPSA) is 15.6 Å². The smallest absolute Gasteiger partial charge is 0.134 e. The first-order chi connectivity index (χ1) is 11.8. The summed E-state index contributed by atoms with van der Waals surface area (Å²) in [5.74, 6) is -0.313. The highest BCUT2D eigenvalue weighted by atomic mass is 19.1. The van der Waals surface area contributed by atoms with Crippen molar-refractivity contribution >= 4 is 17.6 Å². The number of benzene rings is 2. The van der Waals surface area contributed by atoms with Crippen molar-refractivity contribution in [3.63, 3.8) is 0 Å². The molecular formula is C21H24F2N2. The third kappa shape index (κ3) is 3.44. The molecule has 2 aromatic rings. The molecule has 1 aliphatic rings. The molecular weight excluding hydrogens is 318 g/mol. The van der Waals surface area contributed by atoms with E-state index < -0.39 is 0 Å². The lowest BCUT2D eigenvalue weighted by Crippen LogP contribution is -2.48. The Morgan fingerprint density at radius 3 is 2.68 bits per heavy atom. The number of nitrogens with zero attached hydrogens (tertiary/aromatic N) is 2. The summed E-state index contributed by atoms with van der Waals surface area (Å²) in [6, 6.07) is 9.48.